The minimum atomic E-state index is 0.675. The van der Waals surface area contributed by atoms with Crippen LogP contribution in [-0.2, 0) is 6.54 Å². The van der Waals surface area contributed by atoms with Gasteiger partial charge in [0.1, 0.15) is 5.75 Å². The maximum atomic E-state index is 6.13. The highest BCUT2D eigenvalue weighted by Gasteiger charge is 2.05. The molecule has 0 saturated carbocycles. The second-order valence-electron chi connectivity index (χ2n) is 4.91. The molecule has 20 heavy (non-hydrogen) atoms. The highest BCUT2D eigenvalue weighted by Crippen LogP contribution is 2.29. The maximum absolute atomic E-state index is 6.13. The molecule has 0 aliphatic heterocycles. The van der Waals surface area contributed by atoms with E-state index in [0.29, 0.717) is 12.3 Å². The Hall–Kier alpha value is -2.16. The summed E-state index contributed by atoms with van der Waals surface area (Å²) in [4.78, 5) is 0. The molecule has 106 valence electrons. The van der Waals surface area contributed by atoms with Gasteiger partial charge in [0.2, 0.25) is 0 Å². The average molecular weight is 270 g/mol. The first kappa shape index (κ1) is 14.3. The number of hydrogen-bond donors (Lipinski definition) is 2. The van der Waals surface area contributed by atoms with Gasteiger partial charge in [0.15, 0.2) is 0 Å². The van der Waals surface area contributed by atoms with Crippen molar-refractivity contribution in [3.05, 3.63) is 53.6 Å². The molecule has 0 saturated heterocycles. The number of ether oxygens (including phenoxy) is 1. The Labute approximate surface area is 120 Å². The molecule has 0 aliphatic carbocycles. The Morgan fingerprint density at radius 1 is 1.15 bits per heavy atom. The largest absolute Gasteiger partial charge is 0.491 e. The van der Waals surface area contributed by atoms with Gasteiger partial charge in [-0.15, -0.1) is 0 Å². The predicted octanol–water partition coefficient (Wildman–Crippen LogP) is 3.98. The molecule has 0 unspecified atom stereocenters. The van der Waals surface area contributed by atoms with Crippen molar-refractivity contribution in [3.8, 4) is 5.75 Å². The highest BCUT2D eigenvalue weighted by molar-refractivity contribution is 5.72. The molecule has 3 nitrogen and oxygen atoms in total. The van der Waals surface area contributed by atoms with Crippen LogP contribution >= 0.6 is 0 Å². The predicted molar refractivity (Wildman–Crippen MR) is 85.1 cm³/mol. The van der Waals surface area contributed by atoms with Crippen LogP contribution in [0, 0.1) is 6.92 Å². The zero-order valence-corrected chi connectivity index (χ0v) is 12.1. The van der Waals surface area contributed by atoms with Crippen LogP contribution in [0.15, 0.2) is 42.5 Å². The van der Waals surface area contributed by atoms with Crippen molar-refractivity contribution in [3.63, 3.8) is 0 Å². The number of anilines is 2. The lowest BCUT2D eigenvalue weighted by Gasteiger charge is -2.13. The lowest BCUT2D eigenvalue weighted by atomic mass is 10.1. The topological polar surface area (TPSA) is 47.3 Å². The molecule has 2 aromatic rings. The van der Waals surface area contributed by atoms with E-state index in [1.807, 2.05) is 18.2 Å². The van der Waals surface area contributed by atoms with Crippen LogP contribution in [0.2, 0.25) is 0 Å². The quantitative estimate of drug-likeness (QED) is 0.781. The summed E-state index contributed by atoms with van der Waals surface area (Å²) in [5, 5.41) is 3.37. The number of para-hydroxylation sites is 1. The minimum absolute atomic E-state index is 0.675. The van der Waals surface area contributed by atoms with E-state index in [9.17, 15) is 0 Å². The molecule has 0 radical (unpaired) electrons. The van der Waals surface area contributed by atoms with E-state index in [2.05, 4.69) is 43.4 Å². The van der Waals surface area contributed by atoms with Crippen LogP contribution in [0.1, 0.15) is 24.5 Å². The first-order valence-corrected chi connectivity index (χ1v) is 7.01. The van der Waals surface area contributed by atoms with Gasteiger partial charge in [0.25, 0.3) is 0 Å². The Balaban J connectivity index is 2.06. The van der Waals surface area contributed by atoms with Crippen molar-refractivity contribution in [2.45, 2.75) is 26.8 Å². The number of nitrogen functional groups attached to an aromatic ring is 1. The third kappa shape index (κ3) is 3.67. The second kappa shape index (κ2) is 6.85. The van der Waals surface area contributed by atoms with Crippen molar-refractivity contribution in [1.29, 1.82) is 0 Å². The zero-order chi connectivity index (χ0) is 14.4. The summed E-state index contributed by atoms with van der Waals surface area (Å²) in [6.45, 7) is 5.61. The number of nitrogens with two attached hydrogens (primary N) is 1. The summed E-state index contributed by atoms with van der Waals surface area (Å²) < 4.78 is 5.63. The van der Waals surface area contributed by atoms with E-state index in [0.717, 1.165) is 24.4 Å². The fourth-order valence-electron chi connectivity index (χ4n) is 2.06. The summed E-state index contributed by atoms with van der Waals surface area (Å²) in [5.74, 6) is 0.751. The van der Waals surface area contributed by atoms with Gasteiger partial charge < -0.3 is 15.8 Å². The van der Waals surface area contributed by atoms with Crippen molar-refractivity contribution in [2.75, 3.05) is 17.7 Å². The lowest BCUT2D eigenvalue weighted by Crippen LogP contribution is -2.05. The molecule has 3 N–H and O–H groups in total. The number of hydrogen-bond acceptors (Lipinski definition) is 3. The van der Waals surface area contributed by atoms with Gasteiger partial charge in [-0.2, -0.15) is 0 Å². The van der Waals surface area contributed by atoms with Gasteiger partial charge in [-0.1, -0.05) is 42.8 Å². The van der Waals surface area contributed by atoms with Gasteiger partial charge in [0, 0.05) is 6.54 Å². The summed E-state index contributed by atoms with van der Waals surface area (Å²) in [6, 6.07) is 14.3. The molecular formula is C17H22N2O. The van der Waals surface area contributed by atoms with E-state index < -0.39 is 0 Å². The van der Waals surface area contributed by atoms with Crippen LogP contribution in [0.25, 0.3) is 0 Å². The van der Waals surface area contributed by atoms with Gasteiger partial charge in [-0.3, -0.25) is 0 Å². The Bertz CT molecular complexity index is 567. The first-order valence-electron chi connectivity index (χ1n) is 7.01. The molecule has 0 spiro atoms. The molecule has 0 fully saturated rings. The maximum Gasteiger partial charge on any atom is 0.144 e. The van der Waals surface area contributed by atoms with Gasteiger partial charge in [-0.05, 0) is 31.0 Å². The summed E-state index contributed by atoms with van der Waals surface area (Å²) in [7, 11) is 0. The second-order valence-corrected chi connectivity index (χ2v) is 4.91. The van der Waals surface area contributed by atoms with Crippen molar-refractivity contribution >= 4 is 11.4 Å². The van der Waals surface area contributed by atoms with Crippen LogP contribution in [0.4, 0.5) is 11.4 Å². The summed E-state index contributed by atoms with van der Waals surface area (Å²) >= 11 is 0. The Morgan fingerprint density at radius 2 is 1.95 bits per heavy atom. The van der Waals surface area contributed by atoms with Crippen LogP contribution < -0.4 is 15.8 Å². The Kier molecular flexibility index (Phi) is 4.88. The molecule has 0 atom stereocenters. The third-order valence-electron chi connectivity index (χ3n) is 3.09. The van der Waals surface area contributed by atoms with Gasteiger partial charge in [-0.25, -0.2) is 0 Å². The normalized spacial score (nSPS) is 10.3. The summed E-state index contributed by atoms with van der Waals surface area (Å²) in [6.07, 6.45) is 0.973. The van der Waals surface area contributed by atoms with E-state index in [-0.39, 0.29) is 0 Å². The van der Waals surface area contributed by atoms with Crippen LogP contribution in [0.5, 0.6) is 5.75 Å². The SMILES string of the molecule is CCCOc1cccc(NCc2cccc(C)c2)c1N. The fourth-order valence-corrected chi connectivity index (χ4v) is 2.06. The van der Waals surface area contributed by atoms with E-state index >= 15 is 0 Å². The van der Waals surface area contributed by atoms with E-state index in [4.69, 9.17) is 10.5 Å². The Morgan fingerprint density at radius 3 is 2.70 bits per heavy atom. The zero-order valence-electron chi connectivity index (χ0n) is 12.1. The fraction of sp³-hybridized carbons (Fsp3) is 0.294. The molecule has 2 aromatic carbocycles. The van der Waals surface area contributed by atoms with E-state index in [1.54, 1.807) is 0 Å². The molecule has 0 amide bonds. The standard InChI is InChI=1S/C17H22N2O/c1-3-10-20-16-9-5-8-15(17(16)18)19-12-14-7-4-6-13(2)11-14/h4-9,11,19H,3,10,12,18H2,1-2H3. The van der Waals surface area contributed by atoms with Crippen molar-refractivity contribution < 1.29 is 4.74 Å². The number of aryl methyl sites for hydroxylation is 1. The molecule has 0 aliphatic rings. The molecule has 2 rings (SSSR count). The smallest absolute Gasteiger partial charge is 0.144 e. The highest BCUT2D eigenvalue weighted by atomic mass is 16.5. The summed E-state index contributed by atoms with van der Waals surface area (Å²) in [5.41, 5.74) is 10.2. The molecule has 3 heteroatoms. The molecule has 0 heterocycles. The number of nitrogens with one attached hydrogen (secondary N) is 1. The molecule has 0 bridgehead atoms. The first-order chi connectivity index (χ1) is 9.70. The van der Waals surface area contributed by atoms with Gasteiger partial charge in [0.05, 0.1) is 18.0 Å². The average Bonchev–Trinajstić information content (AvgIpc) is 2.45. The number of rotatable bonds is 6. The lowest BCUT2D eigenvalue weighted by molar-refractivity contribution is 0.319. The van der Waals surface area contributed by atoms with Crippen molar-refractivity contribution in [2.24, 2.45) is 0 Å². The minimum Gasteiger partial charge on any atom is -0.491 e. The van der Waals surface area contributed by atoms with Crippen molar-refractivity contribution in [1.82, 2.24) is 0 Å². The van der Waals surface area contributed by atoms with E-state index in [1.165, 1.54) is 11.1 Å². The van der Waals surface area contributed by atoms with Crippen LogP contribution in [-0.4, -0.2) is 6.61 Å². The molecule has 0 aromatic heterocycles. The molecular weight excluding hydrogens is 248 g/mol. The van der Waals surface area contributed by atoms with Crippen LogP contribution in [0.3, 0.4) is 0 Å². The third-order valence-corrected chi connectivity index (χ3v) is 3.09. The monoisotopic (exact) mass is 270 g/mol. The van der Waals surface area contributed by atoms with Gasteiger partial charge >= 0.3 is 0 Å². The number of benzene rings is 2.